The van der Waals surface area contributed by atoms with Crippen LogP contribution in [0.25, 0.3) is 0 Å². The Balaban J connectivity index is 1.87. The van der Waals surface area contributed by atoms with Crippen LogP contribution in [-0.2, 0) is 13.1 Å². The smallest absolute Gasteiger partial charge is 0.0597 e. The quantitative estimate of drug-likeness (QED) is 0.850. The fourth-order valence-electron chi connectivity index (χ4n) is 2.90. The van der Waals surface area contributed by atoms with Gasteiger partial charge in [-0.05, 0) is 45.6 Å². The van der Waals surface area contributed by atoms with Crippen molar-refractivity contribution in [1.29, 1.82) is 0 Å². The number of hydrogen-bond donors (Lipinski definition) is 1. The molecule has 17 heavy (non-hydrogen) atoms. The average Bonchev–Trinajstić information content (AvgIpc) is 2.94. The number of hydrogen-bond acceptors (Lipinski definition) is 2. The zero-order valence-electron chi connectivity index (χ0n) is 11.4. The van der Waals surface area contributed by atoms with Gasteiger partial charge in [-0.3, -0.25) is 4.68 Å². The molecule has 0 amide bonds. The summed E-state index contributed by atoms with van der Waals surface area (Å²) in [5.41, 5.74) is 2.44. The van der Waals surface area contributed by atoms with Crippen LogP contribution in [0.4, 0.5) is 0 Å². The zero-order valence-corrected chi connectivity index (χ0v) is 11.4. The first-order chi connectivity index (χ1) is 8.20. The molecule has 0 bridgehead atoms. The fraction of sp³-hybridized carbons (Fsp3) is 0.786. The highest BCUT2D eigenvalue weighted by Gasteiger charge is 2.21. The SMILES string of the molecule is CCn1nc(C)cc1CN[C@H](C)C1CCCC1. The summed E-state index contributed by atoms with van der Waals surface area (Å²) in [7, 11) is 0. The van der Waals surface area contributed by atoms with Crippen LogP contribution < -0.4 is 5.32 Å². The summed E-state index contributed by atoms with van der Waals surface area (Å²) in [6.07, 6.45) is 5.64. The maximum absolute atomic E-state index is 4.48. The fourth-order valence-corrected chi connectivity index (χ4v) is 2.90. The predicted molar refractivity (Wildman–Crippen MR) is 70.9 cm³/mol. The summed E-state index contributed by atoms with van der Waals surface area (Å²) in [4.78, 5) is 0. The Morgan fingerprint density at radius 2 is 2.18 bits per heavy atom. The molecule has 96 valence electrons. The molecule has 1 aliphatic rings. The van der Waals surface area contributed by atoms with E-state index in [4.69, 9.17) is 0 Å². The van der Waals surface area contributed by atoms with Crippen LogP contribution in [0, 0.1) is 12.8 Å². The molecule has 1 fully saturated rings. The van der Waals surface area contributed by atoms with Gasteiger partial charge in [-0.2, -0.15) is 5.10 Å². The van der Waals surface area contributed by atoms with Crippen LogP contribution >= 0.6 is 0 Å². The van der Waals surface area contributed by atoms with Crippen molar-refractivity contribution in [2.45, 2.75) is 65.6 Å². The number of nitrogens with one attached hydrogen (secondary N) is 1. The summed E-state index contributed by atoms with van der Waals surface area (Å²) in [5.74, 6) is 0.883. The lowest BCUT2D eigenvalue weighted by atomic mass is 10.00. The Morgan fingerprint density at radius 1 is 1.47 bits per heavy atom. The molecular formula is C14H25N3. The predicted octanol–water partition coefficient (Wildman–Crippen LogP) is 2.88. The molecule has 0 spiro atoms. The lowest BCUT2D eigenvalue weighted by molar-refractivity contribution is 0.375. The number of aryl methyl sites for hydroxylation is 2. The topological polar surface area (TPSA) is 29.9 Å². The van der Waals surface area contributed by atoms with Gasteiger partial charge in [0.1, 0.15) is 0 Å². The van der Waals surface area contributed by atoms with Crippen LogP contribution in [0.3, 0.4) is 0 Å². The third-order valence-corrected chi connectivity index (χ3v) is 4.00. The van der Waals surface area contributed by atoms with E-state index in [1.807, 2.05) is 0 Å². The summed E-state index contributed by atoms with van der Waals surface area (Å²) >= 11 is 0. The van der Waals surface area contributed by atoms with E-state index in [2.05, 4.69) is 41.9 Å². The third kappa shape index (κ3) is 3.09. The van der Waals surface area contributed by atoms with Crippen molar-refractivity contribution >= 4 is 0 Å². The highest BCUT2D eigenvalue weighted by Crippen LogP contribution is 2.27. The highest BCUT2D eigenvalue weighted by atomic mass is 15.3. The van der Waals surface area contributed by atoms with Gasteiger partial charge in [0.05, 0.1) is 11.4 Å². The molecule has 0 aromatic carbocycles. The van der Waals surface area contributed by atoms with Gasteiger partial charge in [-0.1, -0.05) is 12.8 Å². The normalized spacial score (nSPS) is 18.8. The van der Waals surface area contributed by atoms with E-state index in [9.17, 15) is 0 Å². The monoisotopic (exact) mass is 235 g/mol. The minimum atomic E-state index is 0.637. The third-order valence-electron chi connectivity index (χ3n) is 4.00. The molecule has 2 rings (SSSR count). The second-order valence-corrected chi connectivity index (χ2v) is 5.31. The largest absolute Gasteiger partial charge is 0.308 e. The van der Waals surface area contributed by atoms with E-state index in [0.29, 0.717) is 6.04 Å². The summed E-state index contributed by atoms with van der Waals surface area (Å²) in [6, 6.07) is 2.83. The van der Waals surface area contributed by atoms with Gasteiger partial charge in [-0.25, -0.2) is 0 Å². The van der Waals surface area contributed by atoms with Crippen molar-refractivity contribution in [3.8, 4) is 0 Å². The zero-order chi connectivity index (χ0) is 12.3. The van der Waals surface area contributed by atoms with Crippen LogP contribution in [0.5, 0.6) is 0 Å². The standard InChI is InChI=1S/C14H25N3/c1-4-17-14(9-11(2)16-17)10-15-12(3)13-7-5-6-8-13/h9,12-13,15H,4-8,10H2,1-3H3/t12-/m1/s1. The molecule has 1 aromatic rings. The molecule has 0 unspecified atom stereocenters. The second-order valence-electron chi connectivity index (χ2n) is 5.31. The van der Waals surface area contributed by atoms with E-state index in [1.165, 1.54) is 31.4 Å². The molecule has 0 saturated heterocycles. The Labute approximate surface area is 105 Å². The van der Waals surface area contributed by atoms with E-state index in [1.54, 1.807) is 0 Å². The second kappa shape index (κ2) is 5.67. The first kappa shape index (κ1) is 12.6. The van der Waals surface area contributed by atoms with E-state index < -0.39 is 0 Å². The minimum Gasteiger partial charge on any atom is -0.308 e. The molecule has 3 nitrogen and oxygen atoms in total. The van der Waals surface area contributed by atoms with E-state index in [0.717, 1.165) is 24.7 Å². The molecule has 1 atom stereocenters. The number of aromatic nitrogens is 2. The lowest BCUT2D eigenvalue weighted by Gasteiger charge is -2.20. The molecule has 1 N–H and O–H groups in total. The number of nitrogens with zero attached hydrogens (tertiary/aromatic N) is 2. The Morgan fingerprint density at radius 3 is 2.82 bits per heavy atom. The van der Waals surface area contributed by atoms with Crippen molar-refractivity contribution in [2.24, 2.45) is 5.92 Å². The molecule has 0 radical (unpaired) electrons. The molecule has 1 heterocycles. The summed E-state index contributed by atoms with van der Waals surface area (Å²) < 4.78 is 2.10. The molecule has 1 aliphatic carbocycles. The Bertz CT molecular complexity index is 350. The average molecular weight is 235 g/mol. The molecule has 1 saturated carbocycles. The molecular weight excluding hydrogens is 210 g/mol. The van der Waals surface area contributed by atoms with Gasteiger partial charge in [-0.15, -0.1) is 0 Å². The maximum atomic E-state index is 4.48. The van der Waals surface area contributed by atoms with Crippen molar-refractivity contribution < 1.29 is 0 Å². The van der Waals surface area contributed by atoms with Crippen molar-refractivity contribution in [1.82, 2.24) is 15.1 Å². The van der Waals surface area contributed by atoms with Crippen molar-refractivity contribution in [3.05, 3.63) is 17.5 Å². The van der Waals surface area contributed by atoms with Crippen molar-refractivity contribution in [2.75, 3.05) is 0 Å². The van der Waals surface area contributed by atoms with Crippen molar-refractivity contribution in [3.63, 3.8) is 0 Å². The van der Waals surface area contributed by atoms with E-state index >= 15 is 0 Å². The van der Waals surface area contributed by atoms with Crippen LogP contribution in [0.15, 0.2) is 6.07 Å². The van der Waals surface area contributed by atoms with Gasteiger partial charge < -0.3 is 5.32 Å². The first-order valence-corrected chi connectivity index (χ1v) is 6.97. The maximum Gasteiger partial charge on any atom is 0.0597 e. The Hall–Kier alpha value is -0.830. The van der Waals surface area contributed by atoms with Crippen LogP contribution in [-0.4, -0.2) is 15.8 Å². The molecule has 3 heteroatoms. The van der Waals surface area contributed by atoms with Gasteiger partial charge in [0.25, 0.3) is 0 Å². The van der Waals surface area contributed by atoms with Gasteiger partial charge in [0.2, 0.25) is 0 Å². The Kier molecular flexibility index (Phi) is 4.21. The van der Waals surface area contributed by atoms with Gasteiger partial charge in [0.15, 0.2) is 0 Å². The molecule has 0 aliphatic heterocycles. The van der Waals surface area contributed by atoms with E-state index in [-0.39, 0.29) is 0 Å². The van der Waals surface area contributed by atoms with Crippen LogP contribution in [0.1, 0.15) is 50.9 Å². The summed E-state index contributed by atoms with van der Waals surface area (Å²) in [5, 5.41) is 8.15. The summed E-state index contributed by atoms with van der Waals surface area (Å²) in [6.45, 7) is 8.46. The van der Waals surface area contributed by atoms with Gasteiger partial charge in [0, 0.05) is 19.1 Å². The molecule has 1 aromatic heterocycles. The van der Waals surface area contributed by atoms with Crippen LogP contribution in [0.2, 0.25) is 0 Å². The number of rotatable bonds is 5. The lowest BCUT2D eigenvalue weighted by Crippen LogP contribution is -2.32. The minimum absolute atomic E-state index is 0.637. The first-order valence-electron chi connectivity index (χ1n) is 6.97. The van der Waals surface area contributed by atoms with Gasteiger partial charge >= 0.3 is 0 Å². The highest BCUT2D eigenvalue weighted by molar-refractivity contribution is 5.08.